The van der Waals surface area contributed by atoms with E-state index in [4.69, 9.17) is 4.74 Å². The minimum absolute atomic E-state index is 0. The molecule has 2 rings (SSSR count). The average molecular weight is 365 g/mol. The van der Waals surface area contributed by atoms with Crippen molar-refractivity contribution in [3.63, 3.8) is 0 Å². The molecule has 114 valence electrons. The van der Waals surface area contributed by atoms with Crippen LogP contribution >= 0.6 is 28.3 Å². The van der Waals surface area contributed by atoms with E-state index in [2.05, 4.69) is 27.8 Å². The molecule has 1 unspecified atom stereocenters. The van der Waals surface area contributed by atoms with Crippen LogP contribution in [0.2, 0.25) is 0 Å². The van der Waals surface area contributed by atoms with Crippen LogP contribution in [0, 0.1) is 5.92 Å². The molecule has 3 nitrogen and oxygen atoms in total. The van der Waals surface area contributed by atoms with E-state index in [1.165, 1.54) is 12.8 Å². The highest BCUT2D eigenvalue weighted by molar-refractivity contribution is 9.10. The van der Waals surface area contributed by atoms with Crippen molar-refractivity contribution in [1.82, 2.24) is 4.90 Å². The Labute approximate surface area is 135 Å². The molecule has 20 heavy (non-hydrogen) atoms. The van der Waals surface area contributed by atoms with Gasteiger partial charge >= 0.3 is 0 Å². The summed E-state index contributed by atoms with van der Waals surface area (Å²) >= 11 is 3.38. The second-order valence-corrected chi connectivity index (χ2v) is 6.32. The van der Waals surface area contributed by atoms with Crippen LogP contribution in [0.5, 0.6) is 5.75 Å². The SMILES string of the molecule is CC1CCN(CC(O)COc2ccc(Br)cc2)CC1.Cl. The average Bonchev–Trinajstić information content (AvgIpc) is 2.41. The number of β-amino-alcohol motifs (C(OH)–C–C–N with tert-alkyl or cyclic N) is 1. The van der Waals surface area contributed by atoms with Crippen molar-refractivity contribution >= 4 is 28.3 Å². The third kappa shape index (κ3) is 6.00. The highest BCUT2D eigenvalue weighted by atomic mass is 79.9. The number of aliphatic hydroxyl groups is 1. The van der Waals surface area contributed by atoms with Gasteiger partial charge in [0, 0.05) is 11.0 Å². The minimum Gasteiger partial charge on any atom is -0.491 e. The van der Waals surface area contributed by atoms with Crippen molar-refractivity contribution in [1.29, 1.82) is 0 Å². The fourth-order valence-corrected chi connectivity index (χ4v) is 2.58. The molecular formula is C15H23BrClNO2. The Hall–Kier alpha value is -0.290. The topological polar surface area (TPSA) is 32.7 Å². The molecular weight excluding hydrogens is 342 g/mol. The first-order valence-electron chi connectivity index (χ1n) is 6.92. The van der Waals surface area contributed by atoms with Crippen molar-refractivity contribution in [2.75, 3.05) is 26.2 Å². The number of hydrogen-bond donors (Lipinski definition) is 1. The second-order valence-electron chi connectivity index (χ2n) is 5.40. The van der Waals surface area contributed by atoms with Gasteiger partial charge in [-0.3, -0.25) is 0 Å². The largest absolute Gasteiger partial charge is 0.491 e. The second kappa shape index (κ2) is 8.88. The number of aliphatic hydroxyl groups excluding tert-OH is 1. The Morgan fingerprint density at radius 2 is 1.90 bits per heavy atom. The predicted octanol–water partition coefficient (Wildman–Crippen LogP) is 3.34. The number of rotatable bonds is 5. The zero-order valence-corrected chi connectivity index (χ0v) is 14.2. The maximum Gasteiger partial charge on any atom is 0.119 e. The van der Waals surface area contributed by atoms with E-state index in [0.29, 0.717) is 13.2 Å². The summed E-state index contributed by atoms with van der Waals surface area (Å²) in [5.74, 6) is 1.63. The van der Waals surface area contributed by atoms with Crippen LogP contribution in [-0.4, -0.2) is 42.4 Å². The van der Waals surface area contributed by atoms with Gasteiger partial charge in [0.25, 0.3) is 0 Å². The standard InChI is InChI=1S/C15H22BrNO2.ClH/c1-12-6-8-17(9-7-12)10-14(18)11-19-15-4-2-13(16)3-5-15;/h2-5,12,14,18H,6-11H2,1H3;1H. The Bertz CT molecular complexity index is 380. The fraction of sp³-hybridized carbons (Fsp3) is 0.600. The molecule has 1 aliphatic rings. The molecule has 0 spiro atoms. The lowest BCUT2D eigenvalue weighted by molar-refractivity contribution is 0.0563. The molecule has 1 N–H and O–H groups in total. The van der Waals surface area contributed by atoms with Crippen molar-refractivity contribution in [2.24, 2.45) is 5.92 Å². The molecule has 1 heterocycles. The lowest BCUT2D eigenvalue weighted by Crippen LogP contribution is -2.40. The first kappa shape index (κ1) is 17.8. The van der Waals surface area contributed by atoms with Crippen LogP contribution in [0.25, 0.3) is 0 Å². The van der Waals surface area contributed by atoms with Crippen LogP contribution in [0.4, 0.5) is 0 Å². The number of halogens is 2. The number of hydrogen-bond acceptors (Lipinski definition) is 3. The van der Waals surface area contributed by atoms with Crippen molar-refractivity contribution < 1.29 is 9.84 Å². The molecule has 0 saturated carbocycles. The van der Waals surface area contributed by atoms with Crippen LogP contribution in [-0.2, 0) is 0 Å². The lowest BCUT2D eigenvalue weighted by atomic mass is 9.99. The van der Waals surface area contributed by atoms with E-state index in [9.17, 15) is 5.11 Å². The van der Waals surface area contributed by atoms with E-state index >= 15 is 0 Å². The van der Waals surface area contributed by atoms with Gasteiger partial charge in [0.1, 0.15) is 18.5 Å². The summed E-state index contributed by atoms with van der Waals surface area (Å²) in [5.41, 5.74) is 0. The quantitative estimate of drug-likeness (QED) is 0.870. The third-order valence-corrected chi connectivity index (χ3v) is 4.13. The van der Waals surface area contributed by atoms with Gasteiger partial charge in [-0.25, -0.2) is 0 Å². The molecule has 1 atom stereocenters. The van der Waals surface area contributed by atoms with Gasteiger partial charge in [0.2, 0.25) is 0 Å². The third-order valence-electron chi connectivity index (χ3n) is 3.60. The van der Waals surface area contributed by atoms with Crippen LogP contribution in [0.1, 0.15) is 19.8 Å². The highest BCUT2D eigenvalue weighted by Crippen LogP contribution is 2.17. The number of benzene rings is 1. The number of piperidine rings is 1. The summed E-state index contributed by atoms with van der Waals surface area (Å²) in [6.07, 6.45) is 2.05. The van der Waals surface area contributed by atoms with E-state index < -0.39 is 6.10 Å². The zero-order chi connectivity index (χ0) is 13.7. The molecule has 1 aromatic rings. The van der Waals surface area contributed by atoms with Crippen molar-refractivity contribution in [3.8, 4) is 5.75 Å². The van der Waals surface area contributed by atoms with Gasteiger partial charge < -0.3 is 14.7 Å². The molecule has 0 aliphatic carbocycles. The van der Waals surface area contributed by atoms with Gasteiger partial charge in [0.05, 0.1) is 0 Å². The number of nitrogens with zero attached hydrogens (tertiary/aromatic N) is 1. The molecule has 0 bridgehead atoms. The van der Waals surface area contributed by atoms with E-state index in [1.807, 2.05) is 24.3 Å². The normalized spacial score (nSPS) is 18.4. The van der Waals surface area contributed by atoms with E-state index in [1.54, 1.807) is 0 Å². The van der Waals surface area contributed by atoms with Gasteiger partial charge in [-0.05, 0) is 56.1 Å². The Kier molecular flexibility index (Phi) is 7.88. The van der Waals surface area contributed by atoms with Crippen molar-refractivity contribution in [3.05, 3.63) is 28.7 Å². The Morgan fingerprint density at radius 1 is 1.30 bits per heavy atom. The maximum atomic E-state index is 10.0. The molecule has 1 fully saturated rings. The van der Waals surface area contributed by atoms with E-state index in [-0.39, 0.29) is 12.4 Å². The van der Waals surface area contributed by atoms with Crippen LogP contribution in [0.15, 0.2) is 28.7 Å². The van der Waals surface area contributed by atoms with Crippen LogP contribution < -0.4 is 4.74 Å². The van der Waals surface area contributed by atoms with Gasteiger partial charge in [-0.1, -0.05) is 22.9 Å². The zero-order valence-electron chi connectivity index (χ0n) is 11.8. The summed E-state index contributed by atoms with van der Waals surface area (Å²) < 4.78 is 6.62. The maximum absolute atomic E-state index is 10.0. The molecule has 1 aliphatic heterocycles. The summed E-state index contributed by atoms with van der Waals surface area (Å²) in [7, 11) is 0. The van der Waals surface area contributed by atoms with Crippen molar-refractivity contribution in [2.45, 2.75) is 25.9 Å². The van der Waals surface area contributed by atoms with Gasteiger partial charge in [0.15, 0.2) is 0 Å². The summed E-state index contributed by atoms with van der Waals surface area (Å²) in [5, 5.41) is 10.0. The predicted molar refractivity (Wildman–Crippen MR) is 87.7 cm³/mol. The van der Waals surface area contributed by atoms with Gasteiger partial charge in [-0.2, -0.15) is 0 Å². The van der Waals surface area contributed by atoms with E-state index in [0.717, 1.165) is 29.2 Å². The highest BCUT2D eigenvalue weighted by Gasteiger charge is 2.18. The van der Waals surface area contributed by atoms with Crippen LogP contribution in [0.3, 0.4) is 0 Å². The molecule has 0 radical (unpaired) electrons. The minimum atomic E-state index is -0.419. The summed E-state index contributed by atoms with van der Waals surface area (Å²) in [6, 6.07) is 7.68. The molecule has 0 amide bonds. The van der Waals surface area contributed by atoms with Gasteiger partial charge in [-0.15, -0.1) is 12.4 Å². The number of likely N-dealkylation sites (tertiary alicyclic amines) is 1. The monoisotopic (exact) mass is 363 g/mol. The molecule has 0 aromatic heterocycles. The molecule has 1 aromatic carbocycles. The first-order valence-corrected chi connectivity index (χ1v) is 7.71. The fourth-order valence-electron chi connectivity index (χ4n) is 2.32. The molecule has 5 heteroatoms. The smallest absolute Gasteiger partial charge is 0.119 e. The Balaban J connectivity index is 0.00000200. The first-order chi connectivity index (χ1) is 9.13. The lowest BCUT2D eigenvalue weighted by Gasteiger charge is -2.31. The summed E-state index contributed by atoms with van der Waals surface area (Å²) in [6.45, 7) is 5.55. The Morgan fingerprint density at radius 3 is 2.50 bits per heavy atom. The summed E-state index contributed by atoms with van der Waals surface area (Å²) in [4.78, 5) is 2.33. The molecule has 1 saturated heterocycles. The number of ether oxygens (including phenoxy) is 1.